The normalized spacial score (nSPS) is 8.89. The first kappa shape index (κ1) is 5.96. The van der Waals surface area contributed by atoms with Crippen LogP contribution in [0.2, 0.25) is 0 Å². The van der Waals surface area contributed by atoms with Gasteiger partial charge in [0.2, 0.25) is 0 Å². The fourth-order valence-corrected chi connectivity index (χ4v) is 0.717. The third-order valence-electron chi connectivity index (χ3n) is 0.595. The molecule has 0 unspecified atom stereocenters. The number of anilines is 1. The monoisotopic (exact) mass is 145 g/mol. The number of nitrogens with one attached hydrogen (secondary N) is 1. The van der Waals surface area contributed by atoms with Gasteiger partial charge in [-0.2, -0.15) is 0 Å². The molecule has 0 aliphatic carbocycles. The maximum atomic E-state index is 9.89. The van der Waals surface area contributed by atoms with E-state index in [0.717, 1.165) is 11.5 Å². The van der Waals surface area contributed by atoms with Crippen molar-refractivity contribution in [3.05, 3.63) is 5.38 Å². The Labute approximate surface area is 54.5 Å². The predicted octanol–water partition coefficient (Wildman–Crippen LogP) is 0.628. The van der Waals surface area contributed by atoms with Crippen LogP contribution in [0.15, 0.2) is 5.38 Å². The molecule has 0 atom stereocenters. The SMILES string of the molecule is O=C(O)Nc1csnn1. The summed E-state index contributed by atoms with van der Waals surface area (Å²) in [6.45, 7) is 0. The van der Waals surface area contributed by atoms with Crippen molar-refractivity contribution in [1.29, 1.82) is 0 Å². The molecule has 0 aliphatic heterocycles. The predicted molar refractivity (Wildman–Crippen MR) is 31.6 cm³/mol. The van der Waals surface area contributed by atoms with Crippen molar-refractivity contribution in [1.82, 2.24) is 9.59 Å². The number of carbonyl (C=O) groups is 1. The number of nitrogens with zero attached hydrogens (tertiary/aromatic N) is 2. The molecule has 2 N–H and O–H groups in total. The number of carboxylic acid groups (broad SMARTS) is 1. The Morgan fingerprint density at radius 3 is 3.11 bits per heavy atom. The van der Waals surface area contributed by atoms with Crippen molar-refractivity contribution in [2.45, 2.75) is 0 Å². The molecular formula is C3H3N3O2S. The summed E-state index contributed by atoms with van der Waals surface area (Å²) in [6.07, 6.45) is -1.12. The summed E-state index contributed by atoms with van der Waals surface area (Å²) in [5, 5.41) is 15.1. The molecule has 0 radical (unpaired) electrons. The molecule has 6 heteroatoms. The smallest absolute Gasteiger partial charge is 0.410 e. The molecule has 0 saturated heterocycles. The number of aromatic nitrogens is 2. The van der Waals surface area contributed by atoms with Gasteiger partial charge in [-0.05, 0) is 11.5 Å². The van der Waals surface area contributed by atoms with Crippen LogP contribution in [0.25, 0.3) is 0 Å². The highest BCUT2D eigenvalue weighted by molar-refractivity contribution is 7.03. The van der Waals surface area contributed by atoms with E-state index < -0.39 is 6.09 Å². The summed E-state index contributed by atoms with van der Waals surface area (Å²) in [6, 6.07) is 0. The Balaban J connectivity index is 2.58. The van der Waals surface area contributed by atoms with Crippen molar-refractivity contribution in [2.75, 3.05) is 5.32 Å². The maximum Gasteiger partial charge on any atom is 0.410 e. The van der Waals surface area contributed by atoms with E-state index in [2.05, 4.69) is 9.59 Å². The minimum Gasteiger partial charge on any atom is -0.465 e. The molecule has 0 saturated carbocycles. The van der Waals surface area contributed by atoms with Gasteiger partial charge in [-0.3, -0.25) is 5.32 Å². The number of rotatable bonds is 1. The summed E-state index contributed by atoms with van der Waals surface area (Å²) in [5.41, 5.74) is 0. The van der Waals surface area contributed by atoms with Gasteiger partial charge in [0, 0.05) is 0 Å². The lowest BCUT2D eigenvalue weighted by molar-refractivity contribution is 0.209. The molecule has 5 nitrogen and oxygen atoms in total. The highest BCUT2D eigenvalue weighted by Crippen LogP contribution is 2.01. The van der Waals surface area contributed by atoms with E-state index in [1.807, 2.05) is 5.32 Å². The van der Waals surface area contributed by atoms with Crippen molar-refractivity contribution in [3.63, 3.8) is 0 Å². The first-order chi connectivity index (χ1) is 4.29. The lowest BCUT2D eigenvalue weighted by atomic mass is 10.8. The van der Waals surface area contributed by atoms with Crippen LogP contribution in [0, 0.1) is 0 Å². The second kappa shape index (κ2) is 2.40. The lowest BCUT2D eigenvalue weighted by Crippen LogP contribution is -2.07. The van der Waals surface area contributed by atoms with E-state index in [1.165, 1.54) is 5.38 Å². The zero-order chi connectivity index (χ0) is 6.69. The van der Waals surface area contributed by atoms with Crippen LogP contribution >= 0.6 is 11.5 Å². The fourth-order valence-electron chi connectivity index (χ4n) is 0.329. The molecule has 48 valence electrons. The molecule has 9 heavy (non-hydrogen) atoms. The standard InChI is InChI=1S/C3H3N3O2S/c7-3(8)4-2-1-9-6-5-2/h1,4H,(H,7,8). The summed E-state index contributed by atoms with van der Waals surface area (Å²) in [7, 11) is 0. The van der Waals surface area contributed by atoms with Gasteiger partial charge in [-0.15, -0.1) is 5.10 Å². The van der Waals surface area contributed by atoms with E-state index in [1.54, 1.807) is 0 Å². The Hall–Kier alpha value is -1.17. The first-order valence-corrected chi connectivity index (χ1v) is 2.89. The minimum atomic E-state index is -1.12. The molecule has 1 amide bonds. The Kier molecular flexibility index (Phi) is 1.59. The molecule has 0 spiro atoms. The Bertz CT molecular complexity index is 197. The van der Waals surface area contributed by atoms with Crippen molar-refractivity contribution in [2.24, 2.45) is 0 Å². The van der Waals surface area contributed by atoms with Crippen LogP contribution in [0.5, 0.6) is 0 Å². The lowest BCUT2D eigenvalue weighted by Gasteiger charge is -1.88. The highest BCUT2D eigenvalue weighted by atomic mass is 32.1. The van der Waals surface area contributed by atoms with Crippen molar-refractivity contribution < 1.29 is 9.90 Å². The molecule has 1 heterocycles. The maximum absolute atomic E-state index is 9.89. The van der Waals surface area contributed by atoms with Gasteiger partial charge in [0.1, 0.15) is 0 Å². The molecule has 0 aliphatic rings. The fraction of sp³-hybridized carbons (Fsp3) is 0. The molecule has 0 bridgehead atoms. The van der Waals surface area contributed by atoms with Gasteiger partial charge < -0.3 is 5.11 Å². The second-order valence-corrected chi connectivity index (χ2v) is 1.83. The van der Waals surface area contributed by atoms with Crippen molar-refractivity contribution in [3.8, 4) is 0 Å². The molecule has 0 fully saturated rings. The second-order valence-electron chi connectivity index (χ2n) is 1.22. The summed E-state index contributed by atoms with van der Waals surface area (Å²) in [5.74, 6) is 0.271. The minimum absolute atomic E-state index is 0.271. The van der Waals surface area contributed by atoms with Gasteiger partial charge in [-0.25, -0.2) is 4.79 Å². The molecular weight excluding hydrogens is 142 g/mol. The van der Waals surface area contributed by atoms with Gasteiger partial charge in [0.15, 0.2) is 5.82 Å². The molecule has 1 aromatic rings. The zero-order valence-corrected chi connectivity index (χ0v) is 5.05. The van der Waals surface area contributed by atoms with E-state index in [4.69, 9.17) is 5.11 Å². The number of hydrogen-bond acceptors (Lipinski definition) is 4. The molecule has 0 aromatic carbocycles. The topological polar surface area (TPSA) is 75.1 Å². The van der Waals surface area contributed by atoms with E-state index in [-0.39, 0.29) is 5.82 Å². The van der Waals surface area contributed by atoms with E-state index in [0.29, 0.717) is 0 Å². The van der Waals surface area contributed by atoms with Gasteiger partial charge in [-0.1, -0.05) is 4.49 Å². The third-order valence-corrected chi connectivity index (χ3v) is 1.10. The van der Waals surface area contributed by atoms with Gasteiger partial charge >= 0.3 is 6.09 Å². The average Bonchev–Trinajstić information content (AvgIpc) is 2.15. The highest BCUT2D eigenvalue weighted by Gasteiger charge is 1.97. The van der Waals surface area contributed by atoms with Crippen LogP contribution in [0.4, 0.5) is 10.6 Å². The van der Waals surface area contributed by atoms with Crippen molar-refractivity contribution >= 4 is 23.4 Å². The Morgan fingerprint density at radius 2 is 2.67 bits per heavy atom. The summed E-state index contributed by atoms with van der Waals surface area (Å²) >= 11 is 1.09. The zero-order valence-electron chi connectivity index (χ0n) is 4.24. The number of hydrogen-bond donors (Lipinski definition) is 2. The Morgan fingerprint density at radius 1 is 1.89 bits per heavy atom. The van der Waals surface area contributed by atoms with Gasteiger partial charge in [0.05, 0.1) is 5.38 Å². The first-order valence-electron chi connectivity index (χ1n) is 2.06. The van der Waals surface area contributed by atoms with Gasteiger partial charge in [0.25, 0.3) is 0 Å². The molecule has 1 rings (SSSR count). The van der Waals surface area contributed by atoms with Crippen LogP contribution in [0.1, 0.15) is 0 Å². The number of amides is 1. The van der Waals surface area contributed by atoms with E-state index >= 15 is 0 Å². The largest absolute Gasteiger partial charge is 0.465 e. The van der Waals surface area contributed by atoms with Crippen LogP contribution in [-0.4, -0.2) is 20.8 Å². The third kappa shape index (κ3) is 1.65. The quantitative estimate of drug-likeness (QED) is 0.607. The summed E-state index contributed by atoms with van der Waals surface area (Å²) in [4.78, 5) is 9.89. The van der Waals surface area contributed by atoms with Crippen LogP contribution in [-0.2, 0) is 0 Å². The average molecular weight is 145 g/mol. The summed E-state index contributed by atoms with van der Waals surface area (Å²) < 4.78 is 3.44. The van der Waals surface area contributed by atoms with Crippen LogP contribution in [0.3, 0.4) is 0 Å². The van der Waals surface area contributed by atoms with Crippen LogP contribution < -0.4 is 5.32 Å². The van der Waals surface area contributed by atoms with E-state index in [9.17, 15) is 4.79 Å². The molecule has 1 aromatic heterocycles.